The maximum Gasteiger partial charge on any atom is 0.322 e. The largest absolute Gasteiger partial charge is 0.389 e. The molecule has 10 heteroatoms. The van der Waals surface area contributed by atoms with Gasteiger partial charge in [-0.15, -0.1) is 0 Å². The highest BCUT2D eigenvalue weighted by Gasteiger charge is 2.40. The monoisotopic (exact) mass is 505 g/mol. The Kier molecular flexibility index (Phi) is 8.56. The molecular formula is C25H29ClFN3O5. The van der Waals surface area contributed by atoms with Crippen LogP contribution in [0.15, 0.2) is 48.5 Å². The van der Waals surface area contributed by atoms with Crippen LogP contribution >= 0.6 is 11.6 Å². The SMILES string of the molecule is O=C(C[C@@H]1CC[C@@H]2[C@H](COC[C@@H](O)CN2C(=O)Nc2cccc(F)c2)O1)NCc1ccccc1Cl. The van der Waals surface area contributed by atoms with Gasteiger partial charge in [-0.1, -0.05) is 35.9 Å². The number of anilines is 1. The zero-order valence-corrected chi connectivity index (χ0v) is 19.9. The van der Waals surface area contributed by atoms with Crippen LogP contribution in [0.2, 0.25) is 5.02 Å². The number of urea groups is 1. The van der Waals surface area contributed by atoms with E-state index in [-0.39, 0.29) is 44.2 Å². The molecular weight excluding hydrogens is 477 g/mol. The first-order chi connectivity index (χ1) is 16.9. The molecule has 4 atom stereocenters. The van der Waals surface area contributed by atoms with Gasteiger partial charge < -0.3 is 30.1 Å². The van der Waals surface area contributed by atoms with E-state index in [0.29, 0.717) is 30.1 Å². The predicted octanol–water partition coefficient (Wildman–Crippen LogP) is 3.33. The van der Waals surface area contributed by atoms with Crippen molar-refractivity contribution in [1.29, 1.82) is 0 Å². The summed E-state index contributed by atoms with van der Waals surface area (Å²) in [6.45, 7) is 0.615. The molecule has 35 heavy (non-hydrogen) atoms. The molecule has 0 aromatic heterocycles. The number of β-amino-alcohol motifs (C(OH)–C–C–N with tert-alkyl or cyclic N) is 1. The Morgan fingerprint density at radius 1 is 1.14 bits per heavy atom. The van der Waals surface area contributed by atoms with E-state index in [0.717, 1.165) is 5.56 Å². The number of hydrogen-bond acceptors (Lipinski definition) is 5. The minimum absolute atomic E-state index is 0.0503. The molecule has 2 aromatic rings. The average molecular weight is 506 g/mol. The first-order valence-corrected chi connectivity index (χ1v) is 12.0. The Morgan fingerprint density at radius 2 is 1.97 bits per heavy atom. The Morgan fingerprint density at radius 3 is 2.77 bits per heavy atom. The number of nitrogens with one attached hydrogen (secondary N) is 2. The van der Waals surface area contributed by atoms with Crippen LogP contribution in [0.5, 0.6) is 0 Å². The van der Waals surface area contributed by atoms with Crippen LogP contribution in [-0.2, 0) is 20.8 Å². The lowest BCUT2D eigenvalue weighted by Crippen LogP contribution is -2.58. The number of carbonyl (C=O) groups is 2. The molecule has 0 unspecified atom stereocenters. The molecule has 2 aliphatic rings. The molecule has 0 radical (unpaired) electrons. The number of halogens is 2. The molecule has 2 heterocycles. The van der Waals surface area contributed by atoms with Crippen molar-refractivity contribution in [3.05, 3.63) is 64.9 Å². The van der Waals surface area contributed by atoms with E-state index in [1.54, 1.807) is 12.1 Å². The molecule has 2 aromatic carbocycles. The maximum absolute atomic E-state index is 13.5. The highest BCUT2D eigenvalue weighted by atomic mass is 35.5. The normalized spacial score (nSPS) is 24.6. The van der Waals surface area contributed by atoms with Crippen molar-refractivity contribution in [2.75, 3.05) is 25.1 Å². The molecule has 2 saturated heterocycles. The number of aliphatic hydroxyl groups excluding tert-OH is 1. The van der Waals surface area contributed by atoms with Crippen LogP contribution in [0.4, 0.5) is 14.9 Å². The van der Waals surface area contributed by atoms with Crippen LogP contribution in [0, 0.1) is 5.82 Å². The van der Waals surface area contributed by atoms with E-state index in [2.05, 4.69) is 10.6 Å². The van der Waals surface area contributed by atoms with Crippen LogP contribution in [0.25, 0.3) is 0 Å². The molecule has 0 bridgehead atoms. The van der Waals surface area contributed by atoms with Crippen molar-refractivity contribution in [2.45, 2.75) is 50.2 Å². The van der Waals surface area contributed by atoms with Gasteiger partial charge in [-0.3, -0.25) is 4.79 Å². The van der Waals surface area contributed by atoms with E-state index >= 15 is 0 Å². The molecule has 3 amide bonds. The van der Waals surface area contributed by atoms with E-state index in [9.17, 15) is 19.1 Å². The maximum atomic E-state index is 13.5. The highest BCUT2D eigenvalue weighted by Crippen LogP contribution is 2.28. The first-order valence-electron chi connectivity index (χ1n) is 11.6. The minimum Gasteiger partial charge on any atom is -0.389 e. The van der Waals surface area contributed by atoms with Crippen LogP contribution in [-0.4, -0.2) is 66.1 Å². The number of benzene rings is 2. The fourth-order valence-electron chi connectivity index (χ4n) is 4.45. The van der Waals surface area contributed by atoms with Gasteiger partial charge in [0.1, 0.15) is 11.9 Å². The third kappa shape index (κ3) is 6.91. The van der Waals surface area contributed by atoms with E-state index in [1.165, 1.54) is 23.1 Å². The van der Waals surface area contributed by atoms with E-state index in [4.69, 9.17) is 21.1 Å². The summed E-state index contributed by atoms with van der Waals surface area (Å²) < 4.78 is 25.3. The Bertz CT molecular complexity index is 1040. The fourth-order valence-corrected chi connectivity index (χ4v) is 4.65. The Balaban J connectivity index is 1.36. The number of hydrogen-bond donors (Lipinski definition) is 3. The number of nitrogens with zero attached hydrogens (tertiary/aromatic N) is 1. The van der Waals surface area contributed by atoms with Crippen molar-refractivity contribution in [1.82, 2.24) is 10.2 Å². The van der Waals surface area contributed by atoms with E-state index < -0.39 is 24.1 Å². The quantitative estimate of drug-likeness (QED) is 0.579. The highest BCUT2D eigenvalue weighted by molar-refractivity contribution is 6.31. The predicted molar refractivity (Wildman–Crippen MR) is 129 cm³/mol. The van der Waals surface area contributed by atoms with Crippen molar-refractivity contribution in [3.8, 4) is 0 Å². The van der Waals surface area contributed by atoms with Crippen molar-refractivity contribution in [2.24, 2.45) is 0 Å². The smallest absolute Gasteiger partial charge is 0.322 e. The standard InChI is InChI=1S/C25H29ClFN3O5/c26-21-7-2-1-4-16(21)12-28-24(32)11-20-8-9-22-23(35-20)15-34-14-19(31)13-30(22)25(33)29-18-6-3-5-17(27)10-18/h1-7,10,19-20,22-23,31H,8-9,11-15H2,(H,28,32)(H,29,33)/t19-,20-,22+,23-/m0/s1. The number of rotatable bonds is 5. The summed E-state index contributed by atoms with van der Waals surface area (Å²) >= 11 is 6.15. The number of aliphatic hydroxyl groups is 1. The second-order valence-corrected chi connectivity index (χ2v) is 9.20. The third-order valence-corrected chi connectivity index (χ3v) is 6.53. The molecule has 8 nitrogen and oxygen atoms in total. The van der Waals surface area contributed by atoms with Crippen LogP contribution in [0.3, 0.4) is 0 Å². The summed E-state index contributed by atoms with van der Waals surface area (Å²) in [5.41, 5.74) is 1.16. The molecule has 3 N–H and O–H groups in total. The van der Waals surface area contributed by atoms with Gasteiger partial charge in [-0.2, -0.15) is 0 Å². The summed E-state index contributed by atoms with van der Waals surface area (Å²) in [6, 6.07) is 12.1. The van der Waals surface area contributed by atoms with Gasteiger partial charge >= 0.3 is 6.03 Å². The van der Waals surface area contributed by atoms with Gasteiger partial charge in [-0.25, -0.2) is 9.18 Å². The summed E-state index contributed by atoms with van der Waals surface area (Å²) in [5, 5.41) is 16.4. The molecule has 4 rings (SSSR count). The second kappa shape index (κ2) is 11.8. The molecule has 0 aliphatic carbocycles. The second-order valence-electron chi connectivity index (χ2n) is 8.80. The summed E-state index contributed by atoms with van der Waals surface area (Å²) in [5.74, 6) is -0.616. The average Bonchev–Trinajstić information content (AvgIpc) is 2.81. The number of carbonyl (C=O) groups excluding carboxylic acids is 2. The van der Waals surface area contributed by atoms with E-state index in [1.807, 2.05) is 18.2 Å². The minimum atomic E-state index is -0.859. The number of ether oxygens (including phenoxy) is 2. The summed E-state index contributed by atoms with van der Waals surface area (Å²) in [4.78, 5) is 27.1. The molecule has 2 aliphatic heterocycles. The fraction of sp³-hybridized carbons (Fsp3) is 0.440. The zero-order chi connectivity index (χ0) is 24.8. The van der Waals surface area contributed by atoms with Crippen LogP contribution in [0.1, 0.15) is 24.8 Å². The van der Waals surface area contributed by atoms with Crippen molar-refractivity contribution in [3.63, 3.8) is 0 Å². The lowest BCUT2D eigenvalue weighted by atomic mass is 9.95. The number of fused-ring (bicyclic) bond motifs is 1. The first kappa shape index (κ1) is 25.4. The van der Waals surface area contributed by atoms with Gasteiger partial charge in [0, 0.05) is 17.3 Å². The third-order valence-electron chi connectivity index (χ3n) is 6.16. The van der Waals surface area contributed by atoms with Crippen molar-refractivity contribution < 1.29 is 28.6 Å². The lowest BCUT2D eigenvalue weighted by Gasteiger charge is -2.44. The zero-order valence-electron chi connectivity index (χ0n) is 19.2. The van der Waals surface area contributed by atoms with Gasteiger partial charge in [0.2, 0.25) is 5.91 Å². The van der Waals surface area contributed by atoms with Crippen molar-refractivity contribution >= 4 is 29.2 Å². The van der Waals surface area contributed by atoms with Crippen LogP contribution < -0.4 is 10.6 Å². The molecule has 0 spiro atoms. The topological polar surface area (TPSA) is 100 Å². The molecule has 2 fully saturated rings. The lowest BCUT2D eigenvalue weighted by molar-refractivity contribution is -0.149. The Hall–Kier alpha value is -2.72. The number of amides is 3. The molecule has 188 valence electrons. The summed E-state index contributed by atoms with van der Waals surface area (Å²) in [7, 11) is 0. The van der Waals surface area contributed by atoms with Gasteiger partial charge in [0.25, 0.3) is 0 Å². The van der Waals surface area contributed by atoms with Gasteiger partial charge in [0.15, 0.2) is 0 Å². The van der Waals surface area contributed by atoms with Gasteiger partial charge in [-0.05, 0) is 42.7 Å². The summed E-state index contributed by atoms with van der Waals surface area (Å²) in [6.07, 6.45) is -0.353. The molecule has 0 saturated carbocycles. The Labute approximate surface area is 208 Å². The van der Waals surface area contributed by atoms with Gasteiger partial charge in [0.05, 0.1) is 44.4 Å².